The summed E-state index contributed by atoms with van der Waals surface area (Å²) in [6.45, 7) is 5.10. The van der Waals surface area contributed by atoms with Gasteiger partial charge in [-0.1, -0.05) is 13.8 Å². The molecule has 1 aliphatic rings. The predicted octanol–water partition coefficient (Wildman–Crippen LogP) is 1.30. The van der Waals surface area contributed by atoms with Gasteiger partial charge in [-0.15, -0.1) is 10.2 Å². The van der Waals surface area contributed by atoms with E-state index in [4.69, 9.17) is 4.42 Å². The molecule has 1 aliphatic carbocycles. The molecule has 1 saturated carbocycles. The summed E-state index contributed by atoms with van der Waals surface area (Å²) in [7, 11) is 1.87. The zero-order chi connectivity index (χ0) is 9.47. The van der Waals surface area contributed by atoms with Crippen molar-refractivity contribution < 1.29 is 4.42 Å². The van der Waals surface area contributed by atoms with Crippen LogP contribution in [0, 0.1) is 5.41 Å². The first kappa shape index (κ1) is 8.69. The molecule has 0 aliphatic heterocycles. The second-order valence-electron chi connectivity index (χ2n) is 4.31. The lowest BCUT2D eigenvalue weighted by Crippen LogP contribution is -2.04. The molecule has 0 spiro atoms. The average Bonchev–Trinajstić information content (AvgIpc) is 2.52. The van der Waals surface area contributed by atoms with Gasteiger partial charge in [0.1, 0.15) is 0 Å². The number of hydrogen-bond acceptors (Lipinski definition) is 4. The summed E-state index contributed by atoms with van der Waals surface area (Å²) >= 11 is 0. The molecule has 2 rings (SSSR count). The molecule has 1 unspecified atom stereocenters. The number of nitrogens with one attached hydrogen (secondary N) is 1. The SMILES string of the molecule is CNCc1nnc(C2CC2(C)C)o1. The van der Waals surface area contributed by atoms with Gasteiger partial charge in [0.15, 0.2) is 0 Å². The van der Waals surface area contributed by atoms with Crippen LogP contribution in [0.15, 0.2) is 4.42 Å². The van der Waals surface area contributed by atoms with Crippen LogP contribution in [0.5, 0.6) is 0 Å². The van der Waals surface area contributed by atoms with Crippen LogP contribution in [0.2, 0.25) is 0 Å². The van der Waals surface area contributed by atoms with Crippen molar-refractivity contribution in [1.29, 1.82) is 0 Å². The van der Waals surface area contributed by atoms with E-state index < -0.39 is 0 Å². The predicted molar refractivity (Wildman–Crippen MR) is 48.2 cm³/mol. The highest BCUT2D eigenvalue weighted by atomic mass is 16.4. The van der Waals surface area contributed by atoms with Gasteiger partial charge in [0, 0.05) is 5.92 Å². The van der Waals surface area contributed by atoms with E-state index in [1.165, 1.54) is 0 Å². The lowest BCUT2D eigenvalue weighted by molar-refractivity contribution is 0.424. The van der Waals surface area contributed by atoms with Crippen molar-refractivity contribution in [2.45, 2.75) is 32.7 Å². The standard InChI is InChI=1S/C9H15N3O/c1-9(2)4-6(9)8-12-11-7(13-8)5-10-3/h6,10H,4-5H2,1-3H3. The monoisotopic (exact) mass is 181 g/mol. The molecule has 4 nitrogen and oxygen atoms in total. The van der Waals surface area contributed by atoms with Gasteiger partial charge in [-0.25, -0.2) is 0 Å². The van der Waals surface area contributed by atoms with Crippen molar-refractivity contribution in [3.05, 3.63) is 11.8 Å². The van der Waals surface area contributed by atoms with Crippen LogP contribution in [0.25, 0.3) is 0 Å². The summed E-state index contributed by atoms with van der Waals surface area (Å²) < 4.78 is 5.50. The molecule has 0 saturated heterocycles. The summed E-state index contributed by atoms with van der Waals surface area (Å²) in [5.74, 6) is 1.96. The maximum Gasteiger partial charge on any atom is 0.230 e. The molecule has 1 aromatic heterocycles. The summed E-state index contributed by atoms with van der Waals surface area (Å²) in [6.07, 6.45) is 1.16. The molecule has 4 heteroatoms. The van der Waals surface area contributed by atoms with E-state index in [0.29, 0.717) is 23.8 Å². The topological polar surface area (TPSA) is 51.0 Å². The van der Waals surface area contributed by atoms with E-state index in [0.717, 1.165) is 12.3 Å². The summed E-state index contributed by atoms with van der Waals surface area (Å²) in [6, 6.07) is 0. The van der Waals surface area contributed by atoms with Crippen molar-refractivity contribution in [2.24, 2.45) is 5.41 Å². The van der Waals surface area contributed by atoms with Gasteiger partial charge in [0.05, 0.1) is 6.54 Å². The van der Waals surface area contributed by atoms with E-state index in [-0.39, 0.29) is 0 Å². The molecule has 13 heavy (non-hydrogen) atoms. The molecule has 1 N–H and O–H groups in total. The minimum atomic E-state index is 0.365. The number of nitrogens with zero attached hydrogens (tertiary/aromatic N) is 2. The minimum Gasteiger partial charge on any atom is -0.424 e. The molecule has 1 heterocycles. The molecule has 1 atom stereocenters. The van der Waals surface area contributed by atoms with Crippen molar-refractivity contribution in [1.82, 2.24) is 15.5 Å². The van der Waals surface area contributed by atoms with E-state index in [2.05, 4.69) is 29.4 Å². The van der Waals surface area contributed by atoms with E-state index >= 15 is 0 Å². The molecule has 0 amide bonds. The number of rotatable bonds is 3. The average molecular weight is 181 g/mol. The summed E-state index contributed by atoms with van der Waals surface area (Å²) in [4.78, 5) is 0. The Morgan fingerprint density at radius 2 is 2.23 bits per heavy atom. The summed E-state index contributed by atoms with van der Waals surface area (Å²) in [5, 5.41) is 11.0. The third-order valence-electron chi connectivity index (χ3n) is 2.62. The Morgan fingerprint density at radius 1 is 1.54 bits per heavy atom. The van der Waals surface area contributed by atoms with Crippen LogP contribution in [0.4, 0.5) is 0 Å². The highest BCUT2D eigenvalue weighted by molar-refractivity contribution is 5.12. The van der Waals surface area contributed by atoms with E-state index in [9.17, 15) is 0 Å². The van der Waals surface area contributed by atoms with Crippen molar-refractivity contribution in [2.75, 3.05) is 7.05 Å². The van der Waals surface area contributed by atoms with Gasteiger partial charge in [0.25, 0.3) is 0 Å². The summed E-state index contributed by atoms with van der Waals surface area (Å²) in [5.41, 5.74) is 0.365. The van der Waals surface area contributed by atoms with Crippen LogP contribution < -0.4 is 5.32 Å². The second kappa shape index (κ2) is 2.80. The first-order valence-electron chi connectivity index (χ1n) is 4.60. The Labute approximate surface area is 77.7 Å². The Balaban J connectivity index is 2.07. The number of aromatic nitrogens is 2. The third-order valence-corrected chi connectivity index (χ3v) is 2.62. The fourth-order valence-corrected chi connectivity index (χ4v) is 1.52. The van der Waals surface area contributed by atoms with Gasteiger partial charge < -0.3 is 9.73 Å². The molecule has 0 radical (unpaired) electrons. The Kier molecular flexibility index (Phi) is 1.87. The van der Waals surface area contributed by atoms with E-state index in [1.807, 2.05) is 7.05 Å². The van der Waals surface area contributed by atoms with Crippen LogP contribution >= 0.6 is 0 Å². The molecule has 1 aromatic rings. The second-order valence-corrected chi connectivity index (χ2v) is 4.31. The van der Waals surface area contributed by atoms with Crippen molar-refractivity contribution in [3.8, 4) is 0 Å². The Hall–Kier alpha value is -0.900. The fourth-order valence-electron chi connectivity index (χ4n) is 1.52. The van der Waals surface area contributed by atoms with Crippen LogP contribution in [-0.2, 0) is 6.54 Å². The smallest absolute Gasteiger partial charge is 0.230 e. The minimum absolute atomic E-state index is 0.365. The lowest BCUT2D eigenvalue weighted by atomic mass is 10.1. The molecular weight excluding hydrogens is 166 g/mol. The van der Waals surface area contributed by atoms with Gasteiger partial charge in [-0.05, 0) is 18.9 Å². The molecular formula is C9H15N3O. The van der Waals surface area contributed by atoms with E-state index in [1.54, 1.807) is 0 Å². The third kappa shape index (κ3) is 1.58. The number of hydrogen-bond donors (Lipinski definition) is 1. The first-order chi connectivity index (χ1) is 6.13. The van der Waals surface area contributed by atoms with Crippen LogP contribution in [0.3, 0.4) is 0 Å². The largest absolute Gasteiger partial charge is 0.424 e. The highest BCUT2D eigenvalue weighted by Gasteiger charge is 2.50. The Morgan fingerprint density at radius 3 is 2.77 bits per heavy atom. The quantitative estimate of drug-likeness (QED) is 0.763. The van der Waals surface area contributed by atoms with Crippen LogP contribution in [-0.4, -0.2) is 17.2 Å². The Bertz CT molecular complexity index is 306. The molecule has 0 aromatic carbocycles. The molecule has 1 fully saturated rings. The maximum atomic E-state index is 5.50. The van der Waals surface area contributed by atoms with Crippen LogP contribution in [0.1, 0.15) is 38.0 Å². The zero-order valence-electron chi connectivity index (χ0n) is 8.29. The first-order valence-corrected chi connectivity index (χ1v) is 4.60. The molecule has 0 bridgehead atoms. The van der Waals surface area contributed by atoms with Gasteiger partial charge in [-0.2, -0.15) is 0 Å². The normalized spacial score (nSPS) is 24.7. The van der Waals surface area contributed by atoms with Gasteiger partial charge in [0.2, 0.25) is 11.8 Å². The molecule has 72 valence electrons. The maximum absolute atomic E-state index is 5.50. The van der Waals surface area contributed by atoms with Crippen molar-refractivity contribution >= 4 is 0 Å². The fraction of sp³-hybridized carbons (Fsp3) is 0.778. The zero-order valence-corrected chi connectivity index (χ0v) is 8.29. The lowest BCUT2D eigenvalue weighted by Gasteiger charge is -1.96. The van der Waals surface area contributed by atoms with Gasteiger partial charge >= 0.3 is 0 Å². The van der Waals surface area contributed by atoms with Gasteiger partial charge in [-0.3, -0.25) is 0 Å². The highest BCUT2D eigenvalue weighted by Crippen LogP contribution is 2.57. The van der Waals surface area contributed by atoms with Crippen molar-refractivity contribution in [3.63, 3.8) is 0 Å².